The zero-order valence-corrected chi connectivity index (χ0v) is 15.6. The molecule has 2 aromatic rings. The van der Waals surface area contributed by atoms with Crippen molar-refractivity contribution < 1.29 is 19.0 Å². The summed E-state index contributed by atoms with van der Waals surface area (Å²) in [7, 11) is 0. The molecule has 1 amide bonds. The minimum absolute atomic E-state index is 0.167. The Kier molecular flexibility index (Phi) is 6.80. The number of nitrogens with one attached hydrogen (secondary N) is 1. The van der Waals surface area contributed by atoms with Crippen molar-refractivity contribution in [3.05, 3.63) is 59.9 Å². The lowest BCUT2D eigenvalue weighted by Crippen LogP contribution is -2.49. The average molecular weight is 388 g/mol. The highest BCUT2D eigenvalue weighted by atomic mass is 19.1. The number of amides is 1. The van der Waals surface area contributed by atoms with E-state index in [-0.39, 0.29) is 18.3 Å². The number of anilines is 1. The SMILES string of the molecule is NNC(=O)c1ccc(OCC(O)CN2CCN(c3ccc(F)cc3)CC2)cc1. The number of piperazine rings is 1. The van der Waals surface area contributed by atoms with E-state index in [0.717, 1.165) is 31.9 Å². The number of aliphatic hydroxyl groups excluding tert-OH is 1. The van der Waals surface area contributed by atoms with Crippen LogP contribution in [-0.4, -0.2) is 61.3 Å². The summed E-state index contributed by atoms with van der Waals surface area (Å²) < 4.78 is 18.6. The smallest absolute Gasteiger partial charge is 0.265 e. The molecule has 2 aromatic carbocycles. The maximum atomic E-state index is 13.0. The van der Waals surface area contributed by atoms with Crippen molar-refractivity contribution in [2.24, 2.45) is 5.84 Å². The topological polar surface area (TPSA) is 91.1 Å². The van der Waals surface area contributed by atoms with Crippen molar-refractivity contribution in [1.82, 2.24) is 10.3 Å². The van der Waals surface area contributed by atoms with E-state index in [0.29, 0.717) is 17.9 Å². The summed E-state index contributed by atoms with van der Waals surface area (Å²) in [4.78, 5) is 15.8. The van der Waals surface area contributed by atoms with Crippen LogP contribution in [0.2, 0.25) is 0 Å². The van der Waals surface area contributed by atoms with Gasteiger partial charge in [-0.05, 0) is 48.5 Å². The van der Waals surface area contributed by atoms with Gasteiger partial charge in [-0.15, -0.1) is 0 Å². The van der Waals surface area contributed by atoms with E-state index in [1.807, 2.05) is 0 Å². The van der Waals surface area contributed by atoms with Crippen LogP contribution >= 0.6 is 0 Å². The second-order valence-corrected chi connectivity index (χ2v) is 6.73. The largest absolute Gasteiger partial charge is 0.491 e. The number of aliphatic hydroxyl groups is 1. The van der Waals surface area contributed by atoms with Gasteiger partial charge < -0.3 is 14.7 Å². The first-order valence-electron chi connectivity index (χ1n) is 9.20. The molecule has 1 fully saturated rings. The molecule has 0 radical (unpaired) electrons. The van der Waals surface area contributed by atoms with E-state index in [1.54, 1.807) is 36.4 Å². The number of β-amino-alcohol motifs (C(OH)–C–C–N with tert-alkyl or cyclic N) is 1. The number of carbonyl (C=O) groups excluding carboxylic acids is 1. The Morgan fingerprint density at radius 3 is 2.36 bits per heavy atom. The van der Waals surface area contributed by atoms with Crippen LogP contribution in [0, 0.1) is 5.82 Å². The highest BCUT2D eigenvalue weighted by Gasteiger charge is 2.20. The zero-order valence-electron chi connectivity index (χ0n) is 15.6. The van der Waals surface area contributed by atoms with Crippen molar-refractivity contribution >= 4 is 11.6 Å². The third-order valence-electron chi connectivity index (χ3n) is 4.72. The number of benzene rings is 2. The van der Waals surface area contributed by atoms with Crippen molar-refractivity contribution in [2.75, 3.05) is 44.2 Å². The summed E-state index contributed by atoms with van der Waals surface area (Å²) in [5, 5.41) is 10.3. The molecule has 1 saturated heterocycles. The molecule has 0 bridgehead atoms. The zero-order chi connectivity index (χ0) is 19.9. The van der Waals surface area contributed by atoms with Crippen LogP contribution in [0.15, 0.2) is 48.5 Å². The predicted octanol–water partition coefficient (Wildman–Crippen LogP) is 0.991. The number of hydrogen-bond donors (Lipinski definition) is 3. The van der Waals surface area contributed by atoms with Gasteiger partial charge in [0.1, 0.15) is 24.3 Å². The molecule has 1 unspecified atom stereocenters. The fraction of sp³-hybridized carbons (Fsp3) is 0.350. The fourth-order valence-electron chi connectivity index (χ4n) is 3.17. The van der Waals surface area contributed by atoms with Gasteiger partial charge in [0, 0.05) is 44.0 Å². The molecule has 0 spiro atoms. The van der Waals surface area contributed by atoms with E-state index in [9.17, 15) is 14.3 Å². The van der Waals surface area contributed by atoms with Crippen LogP contribution in [0.4, 0.5) is 10.1 Å². The van der Waals surface area contributed by atoms with E-state index in [4.69, 9.17) is 10.6 Å². The number of rotatable bonds is 7. The number of ether oxygens (including phenoxy) is 1. The minimum Gasteiger partial charge on any atom is -0.491 e. The summed E-state index contributed by atoms with van der Waals surface area (Å²) in [5.41, 5.74) is 3.52. The Morgan fingerprint density at radius 1 is 1.11 bits per heavy atom. The van der Waals surface area contributed by atoms with Crippen molar-refractivity contribution in [3.8, 4) is 5.75 Å². The van der Waals surface area contributed by atoms with Gasteiger partial charge in [-0.3, -0.25) is 15.1 Å². The number of carbonyl (C=O) groups is 1. The van der Waals surface area contributed by atoms with Crippen LogP contribution in [0.1, 0.15) is 10.4 Å². The summed E-state index contributed by atoms with van der Waals surface area (Å²) >= 11 is 0. The molecule has 7 nitrogen and oxygen atoms in total. The number of halogens is 1. The molecule has 3 rings (SSSR count). The van der Waals surface area contributed by atoms with E-state index >= 15 is 0 Å². The third-order valence-corrected chi connectivity index (χ3v) is 4.72. The Morgan fingerprint density at radius 2 is 1.75 bits per heavy atom. The predicted molar refractivity (Wildman–Crippen MR) is 105 cm³/mol. The van der Waals surface area contributed by atoms with Crippen molar-refractivity contribution in [3.63, 3.8) is 0 Å². The summed E-state index contributed by atoms with van der Waals surface area (Å²) in [5.74, 6) is 5.07. The maximum absolute atomic E-state index is 13.0. The van der Waals surface area contributed by atoms with Gasteiger partial charge in [-0.2, -0.15) is 0 Å². The molecule has 1 heterocycles. The van der Waals surface area contributed by atoms with Crippen LogP contribution in [-0.2, 0) is 0 Å². The lowest BCUT2D eigenvalue weighted by Gasteiger charge is -2.36. The summed E-state index contributed by atoms with van der Waals surface area (Å²) in [6.07, 6.45) is -0.621. The number of nitrogens with two attached hydrogens (primary N) is 1. The molecule has 150 valence electrons. The maximum Gasteiger partial charge on any atom is 0.265 e. The molecule has 0 saturated carbocycles. The second-order valence-electron chi connectivity index (χ2n) is 6.73. The number of hydrazine groups is 1. The third kappa shape index (κ3) is 5.41. The summed E-state index contributed by atoms with van der Waals surface area (Å²) in [6.45, 7) is 3.97. The minimum atomic E-state index is -0.621. The second kappa shape index (κ2) is 9.50. The number of hydrogen-bond acceptors (Lipinski definition) is 6. The average Bonchev–Trinajstić information content (AvgIpc) is 2.73. The number of nitrogens with zero attached hydrogens (tertiary/aromatic N) is 2. The lowest BCUT2D eigenvalue weighted by molar-refractivity contribution is 0.0663. The van der Waals surface area contributed by atoms with Crippen LogP contribution in [0.25, 0.3) is 0 Å². The van der Waals surface area contributed by atoms with Gasteiger partial charge in [-0.1, -0.05) is 0 Å². The van der Waals surface area contributed by atoms with Crippen LogP contribution in [0.3, 0.4) is 0 Å². The Balaban J connectivity index is 1.40. The molecule has 1 aliphatic heterocycles. The van der Waals surface area contributed by atoms with Crippen molar-refractivity contribution in [1.29, 1.82) is 0 Å². The van der Waals surface area contributed by atoms with E-state index in [1.165, 1.54) is 12.1 Å². The Labute approximate surface area is 163 Å². The van der Waals surface area contributed by atoms with E-state index < -0.39 is 6.10 Å². The van der Waals surface area contributed by atoms with Gasteiger partial charge in [0.2, 0.25) is 0 Å². The van der Waals surface area contributed by atoms with E-state index in [2.05, 4.69) is 15.2 Å². The van der Waals surface area contributed by atoms with Gasteiger partial charge in [0.25, 0.3) is 5.91 Å². The standard InChI is InChI=1S/C20H25FN4O3/c21-16-3-5-17(6-4-16)25-11-9-24(10-12-25)13-18(26)14-28-19-7-1-15(2-8-19)20(27)23-22/h1-8,18,26H,9-14,22H2,(H,23,27). The van der Waals surface area contributed by atoms with Gasteiger partial charge in [0.15, 0.2) is 0 Å². The first-order valence-corrected chi connectivity index (χ1v) is 9.20. The first-order chi connectivity index (χ1) is 13.5. The highest BCUT2D eigenvalue weighted by Crippen LogP contribution is 2.17. The normalized spacial score (nSPS) is 15.9. The highest BCUT2D eigenvalue weighted by molar-refractivity contribution is 5.93. The molecular weight excluding hydrogens is 363 g/mol. The monoisotopic (exact) mass is 388 g/mol. The van der Waals surface area contributed by atoms with Crippen LogP contribution < -0.4 is 20.9 Å². The molecule has 0 aromatic heterocycles. The Hall–Kier alpha value is -2.68. The summed E-state index contributed by atoms with van der Waals surface area (Å²) in [6, 6.07) is 13.1. The molecular formula is C20H25FN4O3. The van der Waals surface area contributed by atoms with Gasteiger partial charge >= 0.3 is 0 Å². The first kappa shape index (κ1) is 20.1. The molecule has 28 heavy (non-hydrogen) atoms. The quantitative estimate of drug-likeness (QED) is 0.372. The Bertz CT molecular complexity index is 762. The molecule has 4 N–H and O–H groups in total. The molecule has 0 aliphatic carbocycles. The molecule has 8 heteroatoms. The number of nitrogen functional groups attached to an aromatic ring is 1. The van der Waals surface area contributed by atoms with Crippen molar-refractivity contribution in [2.45, 2.75) is 6.10 Å². The van der Waals surface area contributed by atoms with Gasteiger partial charge in [-0.25, -0.2) is 10.2 Å². The molecule has 1 aliphatic rings. The van der Waals surface area contributed by atoms with Gasteiger partial charge in [0.05, 0.1) is 0 Å². The molecule has 1 atom stereocenters. The lowest BCUT2D eigenvalue weighted by atomic mass is 10.2. The van der Waals surface area contributed by atoms with Crippen LogP contribution in [0.5, 0.6) is 5.75 Å². The fourth-order valence-corrected chi connectivity index (χ4v) is 3.17.